The number of oxazole rings is 1. The van der Waals surface area contributed by atoms with Gasteiger partial charge >= 0.3 is 6.01 Å². The molecule has 2 aromatic heterocycles. The molecule has 0 aliphatic heterocycles. The molecule has 2 heterocycles. The van der Waals surface area contributed by atoms with Crippen LogP contribution >= 0.6 is 11.6 Å². The van der Waals surface area contributed by atoms with E-state index in [2.05, 4.69) is 15.5 Å². The number of hydrogen-bond acceptors (Lipinski definition) is 5. The summed E-state index contributed by atoms with van der Waals surface area (Å²) in [4.78, 5) is 4.24. The maximum atomic E-state index is 5.86. The second-order valence-corrected chi connectivity index (χ2v) is 4.02. The largest absolute Gasteiger partial charge is 0.423 e. The van der Waals surface area contributed by atoms with Gasteiger partial charge in [0.15, 0.2) is 11.4 Å². The Morgan fingerprint density at radius 3 is 2.94 bits per heavy atom. The first kappa shape index (κ1) is 10.2. The molecule has 1 aromatic carbocycles. The van der Waals surface area contributed by atoms with Gasteiger partial charge in [-0.3, -0.25) is 5.32 Å². The van der Waals surface area contributed by atoms with Crippen molar-refractivity contribution in [2.24, 2.45) is 0 Å². The van der Waals surface area contributed by atoms with Crippen LogP contribution in [-0.4, -0.2) is 10.1 Å². The molecule has 0 saturated carbocycles. The Morgan fingerprint density at radius 2 is 2.18 bits per heavy atom. The van der Waals surface area contributed by atoms with Crippen molar-refractivity contribution in [2.75, 3.05) is 5.32 Å². The Bertz CT molecular complexity index is 674. The number of aromatic nitrogens is 2. The van der Waals surface area contributed by atoms with Crippen LogP contribution in [0.1, 0.15) is 5.76 Å². The molecule has 0 aliphatic carbocycles. The highest BCUT2D eigenvalue weighted by molar-refractivity contribution is 6.31. The van der Waals surface area contributed by atoms with Gasteiger partial charge in [0, 0.05) is 17.2 Å². The second-order valence-electron chi connectivity index (χ2n) is 3.58. The summed E-state index contributed by atoms with van der Waals surface area (Å²) >= 11 is 5.86. The van der Waals surface area contributed by atoms with Crippen molar-refractivity contribution in [3.63, 3.8) is 0 Å². The van der Waals surface area contributed by atoms with Crippen molar-refractivity contribution in [3.8, 4) is 0 Å². The zero-order valence-electron chi connectivity index (χ0n) is 8.90. The fourth-order valence-electron chi connectivity index (χ4n) is 1.49. The summed E-state index contributed by atoms with van der Waals surface area (Å²) in [5.41, 5.74) is 1.36. The molecule has 6 heteroatoms. The minimum atomic E-state index is 0.357. The monoisotopic (exact) mass is 249 g/mol. The zero-order chi connectivity index (χ0) is 11.8. The fourth-order valence-corrected chi connectivity index (χ4v) is 1.65. The lowest BCUT2D eigenvalue weighted by Gasteiger charge is -1.91. The van der Waals surface area contributed by atoms with Crippen molar-refractivity contribution >= 4 is 34.5 Å². The molecular formula is C11H8ClN3O2. The summed E-state index contributed by atoms with van der Waals surface area (Å²) in [5, 5.41) is 7.30. The van der Waals surface area contributed by atoms with Crippen LogP contribution in [0, 0.1) is 6.92 Å². The molecule has 3 aromatic rings. The van der Waals surface area contributed by atoms with Crippen LogP contribution in [0.2, 0.25) is 5.02 Å². The van der Waals surface area contributed by atoms with Crippen molar-refractivity contribution in [3.05, 3.63) is 35.0 Å². The van der Waals surface area contributed by atoms with Crippen molar-refractivity contribution in [2.45, 2.75) is 6.92 Å². The van der Waals surface area contributed by atoms with Crippen LogP contribution in [0.25, 0.3) is 11.1 Å². The molecule has 1 N–H and O–H groups in total. The van der Waals surface area contributed by atoms with Crippen LogP contribution in [0.5, 0.6) is 0 Å². The molecule has 0 amide bonds. The first-order chi connectivity index (χ1) is 8.20. The van der Waals surface area contributed by atoms with Gasteiger partial charge in [0.05, 0.1) is 0 Å². The average molecular weight is 250 g/mol. The summed E-state index contributed by atoms with van der Waals surface area (Å²) in [6.45, 7) is 1.81. The first-order valence-electron chi connectivity index (χ1n) is 4.97. The van der Waals surface area contributed by atoms with E-state index in [0.717, 1.165) is 5.52 Å². The molecule has 3 rings (SSSR count). The van der Waals surface area contributed by atoms with E-state index in [1.54, 1.807) is 24.3 Å². The summed E-state index contributed by atoms with van der Waals surface area (Å²) in [6.07, 6.45) is 0. The zero-order valence-corrected chi connectivity index (χ0v) is 9.65. The number of benzene rings is 1. The topological polar surface area (TPSA) is 64.1 Å². The standard InChI is InChI=1S/C11H8ClN3O2/c1-6-4-10(15-17-6)14-11-13-8-3-2-7(12)5-9(8)16-11/h2-5H,1H3,(H,13,14,15). The normalized spacial score (nSPS) is 10.9. The predicted octanol–water partition coefficient (Wildman–Crippen LogP) is 3.52. The molecule has 0 atom stereocenters. The lowest BCUT2D eigenvalue weighted by molar-refractivity contribution is 0.400. The maximum Gasteiger partial charge on any atom is 0.301 e. The Morgan fingerprint density at radius 1 is 1.29 bits per heavy atom. The third kappa shape index (κ3) is 1.97. The van der Waals surface area contributed by atoms with E-state index in [1.807, 2.05) is 6.92 Å². The Kier molecular flexibility index (Phi) is 2.26. The Labute approximate surface area is 101 Å². The lowest BCUT2D eigenvalue weighted by Crippen LogP contribution is -1.89. The molecule has 0 aliphatic rings. The quantitative estimate of drug-likeness (QED) is 0.753. The predicted molar refractivity (Wildman–Crippen MR) is 63.5 cm³/mol. The van der Waals surface area contributed by atoms with E-state index in [0.29, 0.717) is 28.2 Å². The fraction of sp³-hybridized carbons (Fsp3) is 0.0909. The van der Waals surface area contributed by atoms with Gasteiger partial charge in [-0.25, -0.2) is 0 Å². The van der Waals surface area contributed by atoms with Crippen LogP contribution < -0.4 is 5.32 Å². The Balaban J connectivity index is 1.95. The number of rotatable bonds is 2. The summed E-state index contributed by atoms with van der Waals surface area (Å²) in [7, 11) is 0. The van der Waals surface area contributed by atoms with E-state index < -0.39 is 0 Å². The van der Waals surface area contributed by atoms with Crippen molar-refractivity contribution < 1.29 is 8.94 Å². The number of nitrogens with one attached hydrogen (secondary N) is 1. The van der Waals surface area contributed by atoms with Gasteiger partial charge in [0.1, 0.15) is 11.3 Å². The van der Waals surface area contributed by atoms with Crippen LogP contribution in [0.15, 0.2) is 33.2 Å². The SMILES string of the molecule is Cc1cc(Nc2nc3ccc(Cl)cc3o2)no1. The highest BCUT2D eigenvalue weighted by atomic mass is 35.5. The summed E-state index contributed by atoms with van der Waals surface area (Å²) in [6, 6.07) is 7.37. The molecule has 0 unspecified atom stereocenters. The molecule has 86 valence electrons. The number of aryl methyl sites for hydroxylation is 1. The number of halogens is 1. The van der Waals surface area contributed by atoms with Gasteiger partial charge in [-0.05, 0) is 19.1 Å². The second kappa shape index (κ2) is 3.78. The van der Waals surface area contributed by atoms with Gasteiger partial charge in [-0.1, -0.05) is 16.8 Å². The van der Waals surface area contributed by atoms with Gasteiger partial charge in [-0.2, -0.15) is 4.98 Å². The Hall–Kier alpha value is -2.01. The van der Waals surface area contributed by atoms with Crippen molar-refractivity contribution in [1.29, 1.82) is 0 Å². The van der Waals surface area contributed by atoms with E-state index in [1.165, 1.54) is 0 Å². The minimum Gasteiger partial charge on any atom is -0.423 e. The van der Waals surface area contributed by atoms with Gasteiger partial charge in [-0.15, -0.1) is 0 Å². The first-order valence-corrected chi connectivity index (χ1v) is 5.35. The molecule has 0 fully saturated rings. The molecule has 5 nitrogen and oxygen atoms in total. The van der Waals surface area contributed by atoms with Gasteiger partial charge < -0.3 is 8.94 Å². The molecule has 0 radical (unpaired) electrons. The van der Waals surface area contributed by atoms with Gasteiger partial charge in [0.2, 0.25) is 0 Å². The molecule has 0 saturated heterocycles. The van der Waals surface area contributed by atoms with E-state index >= 15 is 0 Å². The smallest absolute Gasteiger partial charge is 0.301 e. The van der Waals surface area contributed by atoms with E-state index in [4.69, 9.17) is 20.5 Å². The molecule has 0 bridgehead atoms. The van der Waals surface area contributed by atoms with Gasteiger partial charge in [0.25, 0.3) is 0 Å². The highest BCUT2D eigenvalue weighted by Gasteiger charge is 2.08. The van der Waals surface area contributed by atoms with Crippen LogP contribution in [0.4, 0.5) is 11.8 Å². The maximum absolute atomic E-state index is 5.86. The minimum absolute atomic E-state index is 0.357. The summed E-state index contributed by atoms with van der Waals surface area (Å²) in [5.74, 6) is 1.27. The number of anilines is 2. The third-order valence-electron chi connectivity index (χ3n) is 2.21. The molecule has 0 spiro atoms. The average Bonchev–Trinajstić information content (AvgIpc) is 2.84. The number of fused-ring (bicyclic) bond motifs is 1. The number of nitrogens with zero attached hydrogens (tertiary/aromatic N) is 2. The summed E-state index contributed by atoms with van der Waals surface area (Å²) < 4.78 is 10.4. The van der Waals surface area contributed by atoms with Crippen molar-refractivity contribution in [1.82, 2.24) is 10.1 Å². The highest BCUT2D eigenvalue weighted by Crippen LogP contribution is 2.24. The van der Waals surface area contributed by atoms with E-state index in [9.17, 15) is 0 Å². The molecular weight excluding hydrogens is 242 g/mol. The van der Waals surface area contributed by atoms with Crippen LogP contribution in [-0.2, 0) is 0 Å². The lowest BCUT2D eigenvalue weighted by atomic mass is 10.3. The van der Waals surface area contributed by atoms with Crippen LogP contribution in [0.3, 0.4) is 0 Å². The van der Waals surface area contributed by atoms with E-state index in [-0.39, 0.29) is 0 Å². The molecule has 17 heavy (non-hydrogen) atoms. The third-order valence-corrected chi connectivity index (χ3v) is 2.45. The number of hydrogen-bond donors (Lipinski definition) is 1.